The summed E-state index contributed by atoms with van der Waals surface area (Å²) in [4.78, 5) is 12.1. The largest absolute Gasteiger partial charge is 0.271 e. The van der Waals surface area contributed by atoms with E-state index in [1.54, 1.807) is 25.1 Å². The van der Waals surface area contributed by atoms with Gasteiger partial charge < -0.3 is 0 Å². The summed E-state index contributed by atoms with van der Waals surface area (Å²) in [5.41, 5.74) is 2.49. The Bertz CT molecular complexity index is 746. The number of nitrogens with zero attached hydrogens (tertiary/aromatic N) is 1. The van der Waals surface area contributed by atoms with E-state index in [2.05, 4.69) is 5.43 Å². The first-order valence-electron chi connectivity index (χ1n) is 6.59. The second-order valence-electron chi connectivity index (χ2n) is 4.43. The highest BCUT2D eigenvalue weighted by Gasteiger charge is 2.24. The van der Waals surface area contributed by atoms with Gasteiger partial charge in [-0.2, -0.15) is 0 Å². The minimum atomic E-state index is -3.84. The van der Waals surface area contributed by atoms with E-state index in [1.807, 2.05) is 0 Å². The van der Waals surface area contributed by atoms with E-state index >= 15 is 0 Å². The van der Waals surface area contributed by atoms with Crippen molar-refractivity contribution in [3.8, 4) is 0 Å². The molecule has 0 heterocycles. The number of hydrogen-bond acceptors (Lipinski definition) is 3. The third kappa shape index (κ3) is 3.49. The van der Waals surface area contributed by atoms with Crippen molar-refractivity contribution in [1.29, 1.82) is 0 Å². The molecule has 0 unspecified atom stereocenters. The van der Waals surface area contributed by atoms with Crippen LogP contribution in [0.3, 0.4) is 0 Å². The number of sulfonamides is 1. The van der Waals surface area contributed by atoms with Crippen LogP contribution in [0.2, 0.25) is 0 Å². The Labute approximate surface area is 128 Å². The van der Waals surface area contributed by atoms with Crippen LogP contribution in [0.1, 0.15) is 17.3 Å². The van der Waals surface area contributed by atoms with Gasteiger partial charge in [-0.05, 0) is 43.3 Å². The molecule has 0 radical (unpaired) electrons. The third-order valence-corrected chi connectivity index (χ3v) is 4.75. The molecule has 0 atom stereocenters. The Morgan fingerprint density at radius 3 is 2.23 bits per heavy atom. The molecule has 116 valence electrons. The molecule has 0 aliphatic carbocycles. The van der Waals surface area contributed by atoms with Crippen molar-refractivity contribution >= 4 is 15.9 Å². The maximum atomic E-state index is 12.9. The Hall–Kier alpha value is -2.25. The second-order valence-corrected chi connectivity index (χ2v) is 6.29. The Morgan fingerprint density at radius 1 is 1.09 bits per heavy atom. The Morgan fingerprint density at radius 2 is 1.68 bits per heavy atom. The number of halogens is 1. The van der Waals surface area contributed by atoms with Crippen LogP contribution >= 0.6 is 0 Å². The van der Waals surface area contributed by atoms with Gasteiger partial charge in [0.25, 0.3) is 15.9 Å². The highest BCUT2D eigenvalue weighted by molar-refractivity contribution is 7.89. The summed E-state index contributed by atoms with van der Waals surface area (Å²) < 4.78 is 38.6. The molecule has 1 amide bonds. The van der Waals surface area contributed by atoms with Crippen molar-refractivity contribution in [1.82, 2.24) is 9.84 Å². The Balaban J connectivity index is 2.22. The van der Waals surface area contributed by atoms with E-state index in [-0.39, 0.29) is 17.0 Å². The molecule has 2 aromatic carbocycles. The Kier molecular flexibility index (Phi) is 4.89. The van der Waals surface area contributed by atoms with Crippen molar-refractivity contribution in [2.75, 3.05) is 6.54 Å². The molecule has 1 N–H and O–H groups in total. The number of benzene rings is 2. The fourth-order valence-corrected chi connectivity index (χ4v) is 3.11. The lowest BCUT2D eigenvalue weighted by molar-refractivity contribution is 0.0882. The monoisotopic (exact) mass is 322 g/mol. The summed E-state index contributed by atoms with van der Waals surface area (Å²) in [5, 5.41) is 0. The van der Waals surface area contributed by atoms with Gasteiger partial charge in [0, 0.05) is 12.1 Å². The van der Waals surface area contributed by atoms with E-state index in [1.165, 1.54) is 24.3 Å². The normalized spacial score (nSPS) is 11.4. The van der Waals surface area contributed by atoms with Gasteiger partial charge in [-0.3, -0.25) is 10.2 Å². The number of nitrogens with one attached hydrogen (secondary N) is 1. The topological polar surface area (TPSA) is 66.5 Å². The molecule has 0 spiro atoms. The van der Waals surface area contributed by atoms with Crippen LogP contribution in [-0.2, 0) is 10.0 Å². The maximum absolute atomic E-state index is 12.9. The van der Waals surface area contributed by atoms with Crippen LogP contribution in [0.15, 0.2) is 59.5 Å². The highest BCUT2D eigenvalue weighted by Crippen LogP contribution is 2.13. The summed E-state index contributed by atoms with van der Waals surface area (Å²) in [7, 11) is -3.84. The lowest BCUT2D eigenvalue weighted by Gasteiger charge is -2.21. The first-order valence-corrected chi connectivity index (χ1v) is 8.03. The maximum Gasteiger partial charge on any atom is 0.266 e. The lowest BCUT2D eigenvalue weighted by atomic mass is 10.2. The molecule has 2 rings (SSSR count). The molecule has 2 aromatic rings. The molecular weight excluding hydrogens is 307 g/mol. The predicted molar refractivity (Wildman–Crippen MR) is 79.9 cm³/mol. The number of hydrazine groups is 1. The van der Waals surface area contributed by atoms with Gasteiger partial charge in [0.1, 0.15) is 5.82 Å². The molecule has 0 saturated heterocycles. The predicted octanol–water partition coefficient (Wildman–Crippen LogP) is 2.18. The van der Waals surface area contributed by atoms with Crippen molar-refractivity contribution in [3.63, 3.8) is 0 Å². The molecule has 5 nitrogen and oxygen atoms in total. The average Bonchev–Trinajstić information content (AvgIpc) is 2.53. The van der Waals surface area contributed by atoms with Gasteiger partial charge in [-0.15, -0.1) is 4.41 Å². The van der Waals surface area contributed by atoms with Gasteiger partial charge >= 0.3 is 0 Å². The number of rotatable bonds is 5. The zero-order valence-corrected chi connectivity index (χ0v) is 12.7. The number of amides is 1. The molecule has 0 aliphatic rings. The standard InChI is InChI=1S/C15H15FN2O3S/c1-2-18(22(20,21)14-6-4-3-5-7-14)17-15(19)12-8-10-13(16)11-9-12/h3-11H,2H2,1H3,(H,17,19). The molecule has 0 aliphatic heterocycles. The summed E-state index contributed by atoms with van der Waals surface area (Å²) in [5.74, 6) is -1.10. The van der Waals surface area contributed by atoms with E-state index in [4.69, 9.17) is 0 Å². The quantitative estimate of drug-likeness (QED) is 0.858. The van der Waals surface area contributed by atoms with Gasteiger partial charge in [-0.25, -0.2) is 12.8 Å². The second kappa shape index (κ2) is 6.67. The fraction of sp³-hybridized carbons (Fsp3) is 0.133. The van der Waals surface area contributed by atoms with Crippen LogP contribution in [0, 0.1) is 5.82 Å². The zero-order valence-electron chi connectivity index (χ0n) is 11.9. The first kappa shape index (κ1) is 16.1. The van der Waals surface area contributed by atoms with Crippen molar-refractivity contribution in [2.45, 2.75) is 11.8 Å². The summed E-state index contributed by atoms with van der Waals surface area (Å²) in [6.07, 6.45) is 0. The van der Waals surface area contributed by atoms with Gasteiger partial charge in [-0.1, -0.05) is 18.2 Å². The van der Waals surface area contributed by atoms with E-state index in [9.17, 15) is 17.6 Å². The smallest absolute Gasteiger partial charge is 0.266 e. The molecule has 0 bridgehead atoms. The number of carbonyl (C=O) groups is 1. The molecule has 0 aromatic heterocycles. The van der Waals surface area contributed by atoms with Crippen molar-refractivity contribution < 1.29 is 17.6 Å². The summed E-state index contributed by atoms with van der Waals surface area (Å²) in [6, 6.07) is 12.6. The molecule has 0 saturated carbocycles. The van der Waals surface area contributed by atoms with Gasteiger partial charge in [0.05, 0.1) is 4.90 Å². The number of carbonyl (C=O) groups excluding carboxylic acids is 1. The molecule has 7 heteroatoms. The summed E-state index contributed by atoms with van der Waals surface area (Å²) >= 11 is 0. The summed E-state index contributed by atoms with van der Waals surface area (Å²) in [6.45, 7) is 1.66. The lowest BCUT2D eigenvalue weighted by Crippen LogP contribution is -2.45. The average molecular weight is 322 g/mol. The van der Waals surface area contributed by atoms with Crippen molar-refractivity contribution in [3.05, 3.63) is 66.0 Å². The van der Waals surface area contributed by atoms with Crippen LogP contribution < -0.4 is 5.43 Å². The van der Waals surface area contributed by atoms with Crippen LogP contribution in [-0.4, -0.2) is 25.3 Å². The van der Waals surface area contributed by atoms with Crippen LogP contribution in [0.5, 0.6) is 0 Å². The minimum Gasteiger partial charge on any atom is -0.271 e. The number of hydrogen-bond donors (Lipinski definition) is 1. The van der Waals surface area contributed by atoms with Crippen molar-refractivity contribution in [2.24, 2.45) is 0 Å². The third-order valence-electron chi connectivity index (χ3n) is 2.95. The molecule has 22 heavy (non-hydrogen) atoms. The van der Waals surface area contributed by atoms with E-state index in [0.717, 1.165) is 16.5 Å². The van der Waals surface area contributed by atoms with Crippen LogP contribution in [0.4, 0.5) is 4.39 Å². The van der Waals surface area contributed by atoms with E-state index < -0.39 is 21.7 Å². The van der Waals surface area contributed by atoms with Crippen LogP contribution in [0.25, 0.3) is 0 Å². The fourth-order valence-electron chi connectivity index (χ4n) is 1.81. The van der Waals surface area contributed by atoms with Gasteiger partial charge in [0.15, 0.2) is 0 Å². The van der Waals surface area contributed by atoms with E-state index in [0.29, 0.717) is 0 Å². The minimum absolute atomic E-state index is 0.0597. The molecular formula is C15H15FN2O3S. The highest BCUT2D eigenvalue weighted by atomic mass is 32.2. The SMILES string of the molecule is CCN(NC(=O)c1ccc(F)cc1)S(=O)(=O)c1ccccc1. The first-order chi connectivity index (χ1) is 10.4. The molecule has 0 fully saturated rings. The van der Waals surface area contributed by atoms with Gasteiger partial charge in [0.2, 0.25) is 0 Å². The zero-order chi connectivity index (χ0) is 16.2.